The maximum Gasteiger partial charge on any atom is 0.328 e. The van der Waals surface area contributed by atoms with Gasteiger partial charge in [0.1, 0.15) is 5.56 Å². The smallest absolute Gasteiger partial charge is 0.328 e. The van der Waals surface area contributed by atoms with Crippen LogP contribution in [0.15, 0.2) is 34.8 Å². The number of carbonyl (C=O) groups is 1. The second kappa shape index (κ2) is 5.08. The number of benzene rings is 1. The number of nitrogens with zero attached hydrogens (tertiary/aromatic N) is 3. The molecule has 0 unspecified atom stereocenters. The molecule has 0 saturated carbocycles. The van der Waals surface area contributed by atoms with Crippen LogP contribution < -0.4 is 0 Å². The number of hydrogen-bond acceptors (Lipinski definition) is 6. The number of nitro benzene ring substituents is 1. The molecule has 0 amide bonds. The van der Waals surface area contributed by atoms with Crippen molar-refractivity contribution in [2.75, 3.05) is 0 Å². The highest BCUT2D eigenvalue weighted by atomic mass is 16.6. The van der Waals surface area contributed by atoms with Crippen molar-refractivity contribution < 1.29 is 19.2 Å². The minimum atomic E-state index is -1.16. The monoisotopic (exact) mass is 261 g/mol. The van der Waals surface area contributed by atoms with Crippen LogP contribution in [0.5, 0.6) is 0 Å². The summed E-state index contributed by atoms with van der Waals surface area (Å²) in [6, 6.07) is 5.89. The van der Waals surface area contributed by atoms with E-state index in [1.165, 1.54) is 18.2 Å². The molecule has 0 radical (unpaired) electrons. The van der Waals surface area contributed by atoms with Crippen molar-refractivity contribution in [2.24, 2.45) is 0 Å². The molecule has 2 aromatic rings. The van der Waals surface area contributed by atoms with E-state index in [1.54, 1.807) is 6.07 Å². The van der Waals surface area contributed by atoms with Crippen molar-refractivity contribution >= 4 is 17.7 Å². The Bertz CT molecular complexity index is 662. The highest BCUT2D eigenvalue weighted by molar-refractivity contribution is 5.84. The third-order valence-corrected chi connectivity index (χ3v) is 2.14. The highest BCUT2D eigenvalue weighted by Gasteiger charge is 2.18. The molecule has 0 aliphatic rings. The van der Waals surface area contributed by atoms with Gasteiger partial charge >= 0.3 is 5.97 Å². The van der Waals surface area contributed by atoms with Gasteiger partial charge in [-0.15, -0.1) is 10.2 Å². The van der Waals surface area contributed by atoms with Gasteiger partial charge in [0.05, 0.1) is 4.92 Å². The maximum absolute atomic E-state index is 10.8. The molecule has 0 bridgehead atoms. The van der Waals surface area contributed by atoms with Gasteiger partial charge in [0, 0.05) is 18.2 Å². The summed E-state index contributed by atoms with van der Waals surface area (Å²) in [5.74, 6) is -1.25. The van der Waals surface area contributed by atoms with Gasteiger partial charge in [-0.1, -0.05) is 12.1 Å². The van der Waals surface area contributed by atoms with Gasteiger partial charge in [0.2, 0.25) is 5.89 Å². The predicted molar refractivity (Wildman–Crippen MR) is 63.1 cm³/mol. The van der Waals surface area contributed by atoms with Crippen LogP contribution in [-0.2, 0) is 4.79 Å². The summed E-state index contributed by atoms with van der Waals surface area (Å²) in [7, 11) is 0. The molecule has 0 fully saturated rings. The zero-order chi connectivity index (χ0) is 13.8. The molecule has 19 heavy (non-hydrogen) atoms. The first kappa shape index (κ1) is 12.4. The van der Waals surface area contributed by atoms with Crippen LogP contribution in [0.2, 0.25) is 0 Å². The van der Waals surface area contributed by atoms with Crippen LogP contribution >= 0.6 is 0 Å². The van der Waals surface area contributed by atoms with E-state index in [9.17, 15) is 14.9 Å². The number of hydrogen-bond donors (Lipinski definition) is 1. The Kier molecular flexibility index (Phi) is 3.33. The average Bonchev–Trinajstić information content (AvgIpc) is 2.85. The first-order chi connectivity index (χ1) is 9.08. The van der Waals surface area contributed by atoms with Crippen molar-refractivity contribution in [2.45, 2.75) is 0 Å². The fourth-order valence-corrected chi connectivity index (χ4v) is 1.37. The average molecular weight is 261 g/mol. The Labute approximate surface area is 106 Å². The predicted octanol–water partition coefficient (Wildman–Crippen LogP) is 1.74. The quantitative estimate of drug-likeness (QED) is 0.505. The molecule has 96 valence electrons. The summed E-state index contributed by atoms with van der Waals surface area (Å²) in [5.41, 5.74) is 0.00916. The van der Waals surface area contributed by atoms with Gasteiger partial charge in [0.15, 0.2) is 0 Å². The number of nitro groups is 1. The van der Waals surface area contributed by atoms with E-state index in [0.717, 1.165) is 12.2 Å². The first-order valence-corrected chi connectivity index (χ1v) is 5.06. The topological polar surface area (TPSA) is 119 Å². The number of aliphatic carboxylic acids is 1. The lowest BCUT2D eigenvalue weighted by Crippen LogP contribution is -1.91. The minimum Gasteiger partial charge on any atom is -0.478 e. The number of carboxylic acid groups (broad SMARTS) is 1. The van der Waals surface area contributed by atoms with Crippen molar-refractivity contribution in [3.05, 3.63) is 46.3 Å². The van der Waals surface area contributed by atoms with E-state index in [-0.39, 0.29) is 23.0 Å². The summed E-state index contributed by atoms with van der Waals surface area (Å²) < 4.78 is 5.13. The molecular formula is C11H7N3O5. The second-order valence-corrected chi connectivity index (χ2v) is 3.39. The van der Waals surface area contributed by atoms with E-state index in [2.05, 4.69) is 10.2 Å². The Hall–Kier alpha value is -3.03. The fraction of sp³-hybridized carbons (Fsp3) is 0. The number of carboxylic acids is 1. The number of rotatable bonds is 4. The number of aromatic nitrogens is 2. The zero-order valence-electron chi connectivity index (χ0n) is 9.39. The van der Waals surface area contributed by atoms with Crippen LogP contribution in [0, 0.1) is 10.1 Å². The molecule has 0 aliphatic heterocycles. The van der Waals surface area contributed by atoms with Crippen LogP contribution in [0.4, 0.5) is 5.69 Å². The summed E-state index contributed by atoms with van der Waals surface area (Å²) in [6.45, 7) is 0. The van der Waals surface area contributed by atoms with E-state index < -0.39 is 10.9 Å². The molecule has 0 saturated heterocycles. The Morgan fingerprint density at radius 2 is 2.11 bits per heavy atom. The molecule has 2 rings (SSSR count). The molecule has 1 aromatic heterocycles. The molecule has 8 nitrogen and oxygen atoms in total. The van der Waals surface area contributed by atoms with E-state index >= 15 is 0 Å². The molecular weight excluding hydrogens is 254 g/mol. The third-order valence-electron chi connectivity index (χ3n) is 2.14. The Morgan fingerprint density at radius 1 is 1.37 bits per heavy atom. The molecule has 1 heterocycles. The van der Waals surface area contributed by atoms with Crippen LogP contribution in [0.3, 0.4) is 0 Å². The molecule has 1 aromatic carbocycles. The van der Waals surface area contributed by atoms with E-state index in [0.29, 0.717) is 0 Å². The zero-order valence-corrected chi connectivity index (χ0v) is 9.39. The summed E-state index contributed by atoms with van der Waals surface area (Å²) >= 11 is 0. The lowest BCUT2D eigenvalue weighted by atomic mass is 10.2. The highest BCUT2D eigenvalue weighted by Crippen LogP contribution is 2.28. The SMILES string of the molecule is O=C(O)/C=C/c1nnc(-c2ccccc2[N+](=O)[O-])o1. The molecule has 0 atom stereocenters. The van der Waals surface area contributed by atoms with Gasteiger partial charge in [0.25, 0.3) is 11.6 Å². The van der Waals surface area contributed by atoms with Gasteiger partial charge < -0.3 is 9.52 Å². The van der Waals surface area contributed by atoms with E-state index in [1.807, 2.05) is 0 Å². The molecule has 1 N–H and O–H groups in total. The van der Waals surface area contributed by atoms with Crippen molar-refractivity contribution in [1.82, 2.24) is 10.2 Å². The van der Waals surface area contributed by atoms with Crippen LogP contribution in [0.25, 0.3) is 17.5 Å². The second-order valence-electron chi connectivity index (χ2n) is 3.39. The van der Waals surface area contributed by atoms with Crippen LogP contribution in [0.1, 0.15) is 5.89 Å². The van der Waals surface area contributed by atoms with Crippen molar-refractivity contribution in [3.63, 3.8) is 0 Å². The molecule has 8 heteroatoms. The van der Waals surface area contributed by atoms with Crippen molar-refractivity contribution in [1.29, 1.82) is 0 Å². The summed E-state index contributed by atoms with van der Waals surface area (Å²) in [4.78, 5) is 20.6. The number of para-hydroxylation sites is 1. The maximum atomic E-state index is 10.8. The van der Waals surface area contributed by atoms with Gasteiger partial charge in [-0.25, -0.2) is 4.79 Å². The lowest BCUT2D eigenvalue weighted by molar-refractivity contribution is -0.384. The van der Waals surface area contributed by atoms with Gasteiger partial charge in [-0.05, 0) is 6.07 Å². The fourth-order valence-electron chi connectivity index (χ4n) is 1.37. The Balaban J connectivity index is 2.38. The minimum absolute atomic E-state index is 0.0441. The van der Waals surface area contributed by atoms with Crippen molar-refractivity contribution in [3.8, 4) is 11.5 Å². The van der Waals surface area contributed by atoms with E-state index in [4.69, 9.17) is 9.52 Å². The van der Waals surface area contributed by atoms with Gasteiger partial charge in [-0.3, -0.25) is 10.1 Å². The first-order valence-electron chi connectivity index (χ1n) is 5.06. The molecule has 0 spiro atoms. The summed E-state index contributed by atoms with van der Waals surface area (Å²) in [5, 5.41) is 26.5. The largest absolute Gasteiger partial charge is 0.478 e. The standard InChI is InChI=1S/C11H7N3O5/c15-10(16)6-5-9-12-13-11(19-9)7-3-1-2-4-8(7)14(17)18/h1-6H,(H,15,16)/b6-5+. The lowest BCUT2D eigenvalue weighted by Gasteiger charge is -1.96. The third kappa shape index (κ3) is 2.80. The normalized spacial score (nSPS) is 10.7. The molecule has 0 aliphatic carbocycles. The summed E-state index contributed by atoms with van der Waals surface area (Å²) in [6.07, 6.45) is 1.93. The van der Waals surface area contributed by atoms with Crippen LogP contribution in [-0.4, -0.2) is 26.2 Å². The van der Waals surface area contributed by atoms with Gasteiger partial charge in [-0.2, -0.15) is 0 Å². The Morgan fingerprint density at radius 3 is 2.79 bits per heavy atom.